The highest BCUT2D eigenvalue weighted by Gasteiger charge is 2.28. The second kappa shape index (κ2) is 8.00. The summed E-state index contributed by atoms with van der Waals surface area (Å²) in [4.78, 5) is 18.4. The van der Waals surface area contributed by atoms with Crippen LogP contribution in [0.3, 0.4) is 0 Å². The van der Waals surface area contributed by atoms with Crippen LogP contribution in [-0.2, 0) is 6.42 Å². The van der Waals surface area contributed by atoms with Crippen LogP contribution in [0, 0.1) is 0 Å². The lowest BCUT2D eigenvalue weighted by molar-refractivity contribution is 0.172. The van der Waals surface area contributed by atoms with E-state index in [1.54, 1.807) is 0 Å². The SMILES string of the molecule is CCCCNC(=O)N1CCC[C@@H](c2nc(CCC)no2)C1. The molecule has 1 fully saturated rings. The summed E-state index contributed by atoms with van der Waals surface area (Å²) in [7, 11) is 0. The molecular weight excluding hydrogens is 268 g/mol. The zero-order valence-electron chi connectivity index (χ0n) is 13.1. The van der Waals surface area contributed by atoms with Crippen molar-refractivity contribution >= 4 is 6.03 Å². The largest absolute Gasteiger partial charge is 0.339 e. The Bertz CT molecular complexity index is 447. The Morgan fingerprint density at radius 2 is 2.29 bits per heavy atom. The number of hydrogen-bond acceptors (Lipinski definition) is 4. The lowest BCUT2D eigenvalue weighted by Crippen LogP contribution is -2.45. The van der Waals surface area contributed by atoms with Crippen LogP contribution in [0.5, 0.6) is 0 Å². The van der Waals surface area contributed by atoms with Gasteiger partial charge in [-0.3, -0.25) is 0 Å². The van der Waals surface area contributed by atoms with Gasteiger partial charge in [0.15, 0.2) is 5.82 Å². The van der Waals surface area contributed by atoms with Crippen molar-refractivity contribution in [3.63, 3.8) is 0 Å². The molecule has 0 saturated carbocycles. The van der Waals surface area contributed by atoms with Gasteiger partial charge >= 0.3 is 6.03 Å². The van der Waals surface area contributed by atoms with Gasteiger partial charge in [0.2, 0.25) is 5.89 Å². The summed E-state index contributed by atoms with van der Waals surface area (Å²) in [6.45, 7) is 6.44. The molecule has 1 saturated heterocycles. The maximum absolute atomic E-state index is 12.1. The third kappa shape index (κ3) is 4.44. The number of nitrogens with zero attached hydrogens (tertiary/aromatic N) is 3. The van der Waals surface area contributed by atoms with Crippen LogP contribution in [0.2, 0.25) is 0 Å². The fourth-order valence-corrected chi connectivity index (χ4v) is 2.61. The predicted octanol–water partition coefficient (Wildman–Crippen LogP) is 2.71. The van der Waals surface area contributed by atoms with Gasteiger partial charge in [0, 0.05) is 26.1 Å². The highest BCUT2D eigenvalue weighted by molar-refractivity contribution is 5.74. The molecule has 2 rings (SSSR count). The van der Waals surface area contributed by atoms with Crippen molar-refractivity contribution < 1.29 is 9.32 Å². The molecular formula is C15H26N4O2. The molecule has 1 atom stereocenters. The van der Waals surface area contributed by atoms with Gasteiger partial charge in [-0.1, -0.05) is 25.4 Å². The minimum Gasteiger partial charge on any atom is -0.339 e. The van der Waals surface area contributed by atoms with E-state index in [4.69, 9.17) is 4.52 Å². The van der Waals surface area contributed by atoms with Gasteiger partial charge in [0.25, 0.3) is 0 Å². The van der Waals surface area contributed by atoms with Gasteiger partial charge in [0.05, 0.1) is 5.92 Å². The molecule has 0 aromatic carbocycles. The van der Waals surface area contributed by atoms with E-state index < -0.39 is 0 Å². The lowest BCUT2D eigenvalue weighted by atomic mass is 9.98. The Morgan fingerprint density at radius 3 is 3.05 bits per heavy atom. The normalized spacial score (nSPS) is 18.8. The van der Waals surface area contributed by atoms with Crippen LogP contribution in [-0.4, -0.2) is 40.7 Å². The fourth-order valence-electron chi connectivity index (χ4n) is 2.61. The molecule has 2 amide bonds. The molecule has 2 heterocycles. The smallest absolute Gasteiger partial charge is 0.317 e. The second-order valence-electron chi connectivity index (χ2n) is 5.67. The van der Waals surface area contributed by atoms with Crippen LogP contribution in [0.1, 0.15) is 63.6 Å². The van der Waals surface area contributed by atoms with Crippen molar-refractivity contribution in [1.82, 2.24) is 20.4 Å². The first kappa shape index (κ1) is 15.8. The zero-order chi connectivity index (χ0) is 15.1. The van der Waals surface area contributed by atoms with Crippen molar-refractivity contribution in [2.75, 3.05) is 19.6 Å². The summed E-state index contributed by atoms with van der Waals surface area (Å²) in [6.07, 6.45) is 5.95. The van der Waals surface area contributed by atoms with Gasteiger partial charge in [-0.2, -0.15) is 4.98 Å². The topological polar surface area (TPSA) is 71.3 Å². The van der Waals surface area contributed by atoms with Gasteiger partial charge in [-0.25, -0.2) is 4.79 Å². The quantitative estimate of drug-likeness (QED) is 0.819. The van der Waals surface area contributed by atoms with Crippen LogP contribution >= 0.6 is 0 Å². The molecule has 6 heteroatoms. The first-order valence-electron chi connectivity index (χ1n) is 8.09. The van der Waals surface area contributed by atoms with E-state index in [1.165, 1.54) is 0 Å². The highest BCUT2D eigenvalue weighted by Crippen LogP contribution is 2.25. The van der Waals surface area contributed by atoms with E-state index in [0.717, 1.165) is 57.4 Å². The summed E-state index contributed by atoms with van der Waals surface area (Å²) in [5.41, 5.74) is 0. The molecule has 118 valence electrons. The van der Waals surface area contributed by atoms with Crippen molar-refractivity contribution in [2.24, 2.45) is 0 Å². The predicted molar refractivity (Wildman–Crippen MR) is 80.1 cm³/mol. The standard InChI is InChI=1S/C15H26N4O2/c1-3-5-9-16-15(20)19-10-6-8-12(11-19)14-17-13(7-4-2)18-21-14/h12H,3-11H2,1-2H3,(H,16,20)/t12-/m1/s1. The number of urea groups is 1. The number of likely N-dealkylation sites (tertiary alicyclic amines) is 1. The fraction of sp³-hybridized carbons (Fsp3) is 0.800. The maximum Gasteiger partial charge on any atom is 0.317 e. The Morgan fingerprint density at radius 1 is 1.43 bits per heavy atom. The molecule has 21 heavy (non-hydrogen) atoms. The summed E-state index contributed by atoms with van der Waals surface area (Å²) in [6, 6.07) is 0.0291. The van der Waals surface area contributed by atoms with Crippen LogP contribution in [0.15, 0.2) is 4.52 Å². The first-order chi connectivity index (χ1) is 10.2. The number of unbranched alkanes of at least 4 members (excludes halogenated alkanes) is 1. The van der Waals surface area contributed by atoms with Crippen molar-refractivity contribution in [2.45, 2.75) is 58.3 Å². The number of nitrogens with one attached hydrogen (secondary N) is 1. The van der Waals surface area contributed by atoms with Crippen LogP contribution in [0.4, 0.5) is 4.79 Å². The van der Waals surface area contributed by atoms with Crippen molar-refractivity contribution in [3.8, 4) is 0 Å². The Hall–Kier alpha value is -1.59. The molecule has 0 aliphatic carbocycles. The first-order valence-corrected chi connectivity index (χ1v) is 8.09. The minimum absolute atomic E-state index is 0.0291. The van der Waals surface area contributed by atoms with Gasteiger partial charge < -0.3 is 14.7 Å². The van der Waals surface area contributed by atoms with E-state index in [2.05, 4.69) is 29.3 Å². The van der Waals surface area contributed by atoms with Crippen molar-refractivity contribution in [3.05, 3.63) is 11.7 Å². The number of amides is 2. The molecule has 1 aliphatic heterocycles. The average molecular weight is 294 g/mol. The van der Waals surface area contributed by atoms with E-state index in [9.17, 15) is 4.79 Å². The number of hydrogen-bond donors (Lipinski definition) is 1. The molecule has 6 nitrogen and oxygen atoms in total. The van der Waals surface area contributed by atoms with Gasteiger partial charge in [0.1, 0.15) is 0 Å². The summed E-state index contributed by atoms with van der Waals surface area (Å²) in [5, 5.41) is 6.98. The third-order valence-electron chi connectivity index (χ3n) is 3.82. The second-order valence-corrected chi connectivity index (χ2v) is 5.67. The molecule has 1 aliphatic rings. The number of rotatable bonds is 6. The van der Waals surface area contributed by atoms with E-state index in [-0.39, 0.29) is 11.9 Å². The zero-order valence-corrected chi connectivity index (χ0v) is 13.1. The minimum atomic E-state index is 0.0291. The Labute approximate surface area is 126 Å². The highest BCUT2D eigenvalue weighted by atomic mass is 16.5. The number of aryl methyl sites for hydroxylation is 1. The van der Waals surface area contributed by atoms with E-state index >= 15 is 0 Å². The number of aromatic nitrogens is 2. The maximum atomic E-state index is 12.1. The molecule has 0 spiro atoms. The van der Waals surface area contributed by atoms with Crippen LogP contribution in [0.25, 0.3) is 0 Å². The summed E-state index contributed by atoms with van der Waals surface area (Å²) < 4.78 is 5.36. The van der Waals surface area contributed by atoms with Crippen molar-refractivity contribution in [1.29, 1.82) is 0 Å². The lowest BCUT2D eigenvalue weighted by Gasteiger charge is -2.31. The van der Waals surface area contributed by atoms with E-state index in [0.29, 0.717) is 12.4 Å². The molecule has 1 N–H and O–H groups in total. The molecule has 1 aromatic rings. The van der Waals surface area contributed by atoms with Gasteiger partial charge in [-0.15, -0.1) is 0 Å². The monoisotopic (exact) mass is 294 g/mol. The van der Waals surface area contributed by atoms with Gasteiger partial charge in [-0.05, 0) is 25.7 Å². The summed E-state index contributed by atoms with van der Waals surface area (Å²) >= 11 is 0. The molecule has 0 bridgehead atoms. The average Bonchev–Trinajstić information content (AvgIpc) is 2.97. The molecule has 0 radical (unpaired) electrons. The number of carbonyl (C=O) groups excluding carboxylic acids is 1. The molecule has 1 aromatic heterocycles. The van der Waals surface area contributed by atoms with E-state index in [1.807, 2.05) is 4.90 Å². The Kier molecular flexibility index (Phi) is 6.02. The Balaban J connectivity index is 1.88. The van der Waals surface area contributed by atoms with Crippen LogP contribution < -0.4 is 5.32 Å². The molecule has 0 unspecified atom stereocenters. The third-order valence-corrected chi connectivity index (χ3v) is 3.82. The summed E-state index contributed by atoms with van der Waals surface area (Å²) in [5.74, 6) is 1.63. The number of piperidine rings is 1. The number of carbonyl (C=O) groups is 1.